The summed E-state index contributed by atoms with van der Waals surface area (Å²) in [6.45, 7) is 6.35. The van der Waals surface area contributed by atoms with Crippen LogP contribution in [0.5, 0.6) is 0 Å². The van der Waals surface area contributed by atoms with Crippen LogP contribution in [0.25, 0.3) is 5.82 Å². The summed E-state index contributed by atoms with van der Waals surface area (Å²) in [5.41, 5.74) is 2.13. The number of esters is 1. The second kappa shape index (κ2) is 5.91. The molecule has 0 saturated carbocycles. The molecule has 0 aromatic carbocycles. The van der Waals surface area contributed by atoms with Gasteiger partial charge in [0, 0.05) is 36.3 Å². The summed E-state index contributed by atoms with van der Waals surface area (Å²) in [5, 5.41) is 6.72. The number of rotatable bonds is 4. The van der Waals surface area contributed by atoms with Crippen LogP contribution in [0.3, 0.4) is 0 Å². The van der Waals surface area contributed by atoms with Crippen LogP contribution >= 0.6 is 0 Å². The summed E-state index contributed by atoms with van der Waals surface area (Å²) in [4.78, 5) is 23.5. The Hall–Kier alpha value is -2.57. The van der Waals surface area contributed by atoms with E-state index in [1.165, 1.54) is 0 Å². The fourth-order valence-corrected chi connectivity index (χ4v) is 2.83. The fraction of sp³-hybridized carbons (Fsp3) is 0.438. The maximum absolute atomic E-state index is 12.3. The topological polar surface area (TPSA) is 86.4 Å². The number of carbonyl (C=O) groups is 2. The lowest BCUT2D eigenvalue weighted by molar-refractivity contribution is -0.119. The molecule has 1 N–H and O–H groups in total. The van der Waals surface area contributed by atoms with Gasteiger partial charge in [-0.3, -0.25) is 9.36 Å². The molecule has 1 amide bonds. The van der Waals surface area contributed by atoms with Gasteiger partial charge in [0.05, 0.1) is 12.2 Å². The molecule has 0 radical (unpaired) electrons. The minimum absolute atomic E-state index is 0.00521. The third-order valence-corrected chi connectivity index (χ3v) is 4.01. The highest BCUT2D eigenvalue weighted by atomic mass is 16.5. The van der Waals surface area contributed by atoms with Crippen LogP contribution in [0.15, 0.2) is 16.7 Å². The maximum atomic E-state index is 12.3. The first-order valence-corrected chi connectivity index (χ1v) is 7.52. The van der Waals surface area contributed by atoms with E-state index in [9.17, 15) is 9.59 Å². The highest BCUT2D eigenvalue weighted by molar-refractivity contribution is 5.91. The summed E-state index contributed by atoms with van der Waals surface area (Å²) in [6.07, 6.45) is 0.407. The molecule has 1 aliphatic heterocycles. The molecule has 0 aliphatic carbocycles. The van der Waals surface area contributed by atoms with E-state index in [1.807, 2.05) is 31.4 Å². The van der Waals surface area contributed by atoms with E-state index < -0.39 is 0 Å². The van der Waals surface area contributed by atoms with Gasteiger partial charge in [0.1, 0.15) is 5.76 Å². The molecule has 7 nitrogen and oxygen atoms in total. The molecule has 7 heteroatoms. The SMILES string of the molecule is Cc1cc(-n2c(C)cc(C(=O)OC[C@H]3CNC(=O)C3)c2C)no1. The van der Waals surface area contributed by atoms with Gasteiger partial charge in [0.25, 0.3) is 0 Å². The van der Waals surface area contributed by atoms with Crippen LogP contribution in [0.1, 0.15) is 33.9 Å². The van der Waals surface area contributed by atoms with Crippen LogP contribution in [0, 0.1) is 26.7 Å². The van der Waals surface area contributed by atoms with Gasteiger partial charge < -0.3 is 14.6 Å². The maximum Gasteiger partial charge on any atom is 0.339 e. The molecular formula is C16H19N3O4. The Morgan fingerprint density at radius 3 is 2.83 bits per heavy atom. The van der Waals surface area contributed by atoms with E-state index in [0.717, 1.165) is 11.4 Å². The summed E-state index contributed by atoms with van der Waals surface area (Å²) < 4.78 is 12.3. The standard InChI is InChI=1S/C16H19N3O4/c1-9-4-13(11(3)19(9)14-5-10(2)23-18-14)16(21)22-8-12-6-15(20)17-7-12/h4-5,12H,6-8H2,1-3H3,(H,17,20)/t12-/m1/s1. The molecule has 1 atom stereocenters. The number of carbonyl (C=O) groups excluding carboxylic acids is 2. The molecule has 3 heterocycles. The Morgan fingerprint density at radius 2 is 2.22 bits per heavy atom. The van der Waals surface area contributed by atoms with Crippen molar-refractivity contribution in [3.05, 3.63) is 34.8 Å². The zero-order valence-electron chi connectivity index (χ0n) is 13.4. The van der Waals surface area contributed by atoms with Crippen molar-refractivity contribution in [2.45, 2.75) is 27.2 Å². The zero-order chi connectivity index (χ0) is 16.6. The van der Waals surface area contributed by atoms with E-state index in [1.54, 1.807) is 6.07 Å². The first-order valence-electron chi connectivity index (χ1n) is 7.52. The second-order valence-electron chi connectivity index (χ2n) is 5.89. The highest BCUT2D eigenvalue weighted by Gasteiger charge is 2.24. The van der Waals surface area contributed by atoms with Crippen molar-refractivity contribution in [3.63, 3.8) is 0 Å². The predicted octanol–water partition coefficient (Wildman–Crippen LogP) is 1.68. The minimum atomic E-state index is -0.385. The van der Waals surface area contributed by atoms with Crippen molar-refractivity contribution in [1.82, 2.24) is 15.0 Å². The summed E-state index contributed by atoms with van der Waals surface area (Å²) in [5.74, 6) is 1.01. The lowest BCUT2D eigenvalue weighted by Crippen LogP contribution is -2.18. The van der Waals surface area contributed by atoms with Gasteiger partial charge in [-0.15, -0.1) is 0 Å². The molecule has 0 unspecified atom stereocenters. The van der Waals surface area contributed by atoms with Gasteiger partial charge in [-0.25, -0.2) is 4.79 Å². The van der Waals surface area contributed by atoms with Crippen molar-refractivity contribution in [2.75, 3.05) is 13.2 Å². The lowest BCUT2D eigenvalue weighted by atomic mass is 10.1. The number of hydrogen-bond donors (Lipinski definition) is 1. The number of nitrogens with zero attached hydrogens (tertiary/aromatic N) is 2. The van der Waals surface area contributed by atoms with E-state index in [0.29, 0.717) is 30.1 Å². The van der Waals surface area contributed by atoms with Crippen LogP contribution in [-0.2, 0) is 9.53 Å². The number of hydrogen-bond acceptors (Lipinski definition) is 5. The fourth-order valence-electron chi connectivity index (χ4n) is 2.83. The summed E-state index contributed by atoms with van der Waals surface area (Å²) >= 11 is 0. The van der Waals surface area contributed by atoms with E-state index in [2.05, 4.69) is 10.5 Å². The Kier molecular flexibility index (Phi) is 3.94. The van der Waals surface area contributed by atoms with Gasteiger partial charge in [0.2, 0.25) is 5.91 Å². The van der Waals surface area contributed by atoms with Crippen molar-refractivity contribution < 1.29 is 18.8 Å². The zero-order valence-corrected chi connectivity index (χ0v) is 13.4. The van der Waals surface area contributed by atoms with Crippen molar-refractivity contribution in [1.29, 1.82) is 0 Å². The summed E-state index contributed by atoms with van der Waals surface area (Å²) in [6, 6.07) is 3.59. The highest BCUT2D eigenvalue weighted by Crippen LogP contribution is 2.22. The Labute approximate surface area is 133 Å². The molecule has 1 aliphatic rings. The van der Waals surface area contributed by atoms with Gasteiger partial charge in [-0.05, 0) is 26.8 Å². The number of ether oxygens (including phenoxy) is 1. The quantitative estimate of drug-likeness (QED) is 0.867. The molecule has 122 valence electrons. The average Bonchev–Trinajstić information content (AvgIpc) is 3.17. The van der Waals surface area contributed by atoms with Gasteiger partial charge in [-0.1, -0.05) is 5.16 Å². The van der Waals surface area contributed by atoms with Gasteiger partial charge in [-0.2, -0.15) is 0 Å². The van der Waals surface area contributed by atoms with E-state index in [-0.39, 0.29) is 24.4 Å². The normalized spacial score (nSPS) is 17.3. The molecule has 1 saturated heterocycles. The molecular weight excluding hydrogens is 298 g/mol. The van der Waals surface area contributed by atoms with Crippen molar-refractivity contribution in [3.8, 4) is 5.82 Å². The van der Waals surface area contributed by atoms with Crippen molar-refractivity contribution in [2.24, 2.45) is 5.92 Å². The largest absolute Gasteiger partial charge is 0.462 e. The minimum Gasteiger partial charge on any atom is -0.462 e. The number of nitrogens with one attached hydrogen (secondary N) is 1. The third-order valence-electron chi connectivity index (χ3n) is 4.01. The van der Waals surface area contributed by atoms with E-state index in [4.69, 9.17) is 9.26 Å². The molecule has 0 spiro atoms. The van der Waals surface area contributed by atoms with Crippen molar-refractivity contribution >= 4 is 11.9 Å². The molecule has 2 aromatic rings. The van der Waals surface area contributed by atoms with Gasteiger partial charge in [0.15, 0.2) is 5.82 Å². The first kappa shape index (κ1) is 15.3. The smallest absolute Gasteiger partial charge is 0.339 e. The van der Waals surface area contributed by atoms with Crippen LogP contribution < -0.4 is 5.32 Å². The number of aryl methyl sites for hydroxylation is 2. The monoisotopic (exact) mass is 317 g/mol. The Bertz CT molecular complexity index is 759. The lowest BCUT2D eigenvalue weighted by Gasteiger charge is -2.09. The second-order valence-corrected chi connectivity index (χ2v) is 5.89. The molecule has 0 bridgehead atoms. The average molecular weight is 317 g/mol. The molecule has 1 fully saturated rings. The summed E-state index contributed by atoms with van der Waals surface area (Å²) in [7, 11) is 0. The predicted molar refractivity (Wildman–Crippen MR) is 81.4 cm³/mol. The third kappa shape index (κ3) is 2.99. The van der Waals surface area contributed by atoms with Gasteiger partial charge >= 0.3 is 5.97 Å². The molecule has 23 heavy (non-hydrogen) atoms. The van der Waals surface area contributed by atoms with Crippen LogP contribution in [-0.4, -0.2) is 34.8 Å². The Morgan fingerprint density at radius 1 is 1.43 bits per heavy atom. The molecule has 2 aromatic heterocycles. The van der Waals surface area contributed by atoms with E-state index >= 15 is 0 Å². The Balaban J connectivity index is 1.75. The number of amides is 1. The van der Waals surface area contributed by atoms with Crippen LogP contribution in [0.4, 0.5) is 0 Å². The first-order chi connectivity index (χ1) is 11.0. The number of aromatic nitrogens is 2. The molecule has 3 rings (SSSR count). The van der Waals surface area contributed by atoms with Crippen LogP contribution in [0.2, 0.25) is 0 Å².